The number of rotatable bonds is 4. The first-order valence-corrected chi connectivity index (χ1v) is 7.62. The molecule has 0 radical (unpaired) electrons. The van der Waals surface area contributed by atoms with Gasteiger partial charge in [0.2, 0.25) is 10.0 Å². The van der Waals surface area contributed by atoms with Crippen LogP contribution in [0.1, 0.15) is 11.4 Å². The molecule has 0 aliphatic heterocycles. The van der Waals surface area contributed by atoms with E-state index in [1.165, 1.54) is 19.2 Å². The lowest BCUT2D eigenvalue weighted by atomic mass is 10.2. The summed E-state index contributed by atoms with van der Waals surface area (Å²) in [5.41, 5.74) is 6.03. The summed E-state index contributed by atoms with van der Waals surface area (Å²) in [6.45, 7) is 1.80. The maximum atomic E-state index is 12.4. The van der Waals surface area contributed by atoms with Crippen molar-refractivity contribution >= 4 is 15.8 Å². The molecule has 3 N–H and O–H groups in total. The van der Waals surface area contributed by atoms with Crippen molar-refractivity contribution in [3.63, 3.8) is 0 Å². The molecule has 0 fully saturated rings. The molecule has 2 rings (SSSR count). The van der Waals surface area contributed by atoms with E-state index in [9.17, 15) is 13.2 Å². The van der Waals surface area contributed by atoms with E-state index in [0.717, 1.165) is 15.9 Å². The zero-order chi connectivity index (χ0) is 15.6. The van der Waals surface area contributed by atoms with Gasteiger partial charge in [0.1, 0.15) is 11.6 Å². The maximum Gasteiger partial charge on any atom is 0.253 e. The van der Waals surface area contributed by atoms with E-state index in [1.807, 2.05) is 6.92 Å². The Kier molecular flexibility index (Phi) is 4.10. The number of hydrogen-bond acceptors (Lipinski definition) is 5. The molecule has 21 heavy (non-hydrogen) atoms. The highest BCUT2D eigenvalue weighted by Gasteiger charge is 2.21. The van der Waals surface area contributed by atoms with Gasteiger partial charge in [0.25, 0.3) is 5.56 Å². The molecule has 0 spiro atoms. The van der Waals surface area contributed by atoms with Gasteiger partial charge >= 0.3 is 0 Å². The summed E-state index contributed by atoms with van der Waals surface area (Å²) >= 11 is 0. The quantitative estimate of drug-likeness (QED) is 0.854. The van der Waals surface area contributed by atoms with Crippen LogP contribution in [0.3, 0.4) is 0 Å². The normalized spacial score (nSPS) is 11.8. The van der Waals surface area contributed by atoms with Crippen LogP contribution in [-0.4, -0.2) is 29.7 Å². The fourth-order valence-corrected chi connectivity index (χ4v) is 2.92. The van der Waals surface area contributed by atoms with E-state index in [0.29, 0.717) is 0 Å². The number of anilines is 1. The van der Waals surface area contributed by atoms with Crippen molar-refractivity contribution in [2.75, 3.05) is 12.8 Å². The Morgan fingerprint density at radius 3 is 2.48 bits per heavy atom. The number of aromatic nitrogens is 2. The van der Waals surface area contributed by atoms with E-state index in [1.54, 1.807) is 12.1 Å². The van der Waals surface area contributed by atoms with Gasteiger partial charge in [-0.2, -0.15) is 4.31 Å². The summed E-state index contributed by atoms with van der Waals surface area (Å²) in [7, 11) is -2.23. The molecule has 0 unspecified atom stereocenters. The largest absolute Gasteiger partial charge is 0.383 e. The van der Waals surface area contributed by atoms with Gasteiger partial charge in [0, 0.05) is 13.1 Å². The number of sulfonamides is 1. The van der Waals surface area contributed by atoms with E-state index >= 15 is 0 Å². The molecule has 1 heterocycles. The average molecular weight is 308 g/mol. The third-order valence-electron chi connectivity index (χ3n) is 2.91. The number of nitrogens with two attached hydrogens (primary N) is 1. The van der Waals surface area contributed by atoms with Crippen LogP contribution < -0.4 is 11.3 Å². The van der Waals surface area contributed by atoms with E-state index in [4.69, 9.17) is 5.73 Å². The first kappa shape index (κ1) is 15.2. The van der Waals surface area contributed by atoms with Crippen LogP contribution in [-0.2, 0) is 16.6 Å². The van der Waals surface area contributed by atoms with Crippen LogP contribution in [0.5, 0.6) is 0 Å². The van der Waals surface area contributed by atoms with Gasteiger partial charge in [-0.15, -0.1) is 0 Å². The molecule has 0 bridgehead atoms. The molecular formula is C13H16N4O3S. The number of nitrogens with zero attached hydrogens (tertiary/aromatic N) is 2. The molecule has 0 saturated heterocycles. The Balaban J connectivity index is 2.28. The SMILES string of the molecule is Cc1ccc(S(=O)(=O)N(C)Cc2nc(N)cc(=O)[nH]2)cc1. The zero-order valence-corrected chi connectivity index (χ0v) is 12.5. The molecule has 0 aliphatic rings. The third-order valence-corrected chi connectivity index (χ3v) is 4.73. The molecule has 7 nitrogen and oxygen atoms in total. The molecule has 8 heteroatoms. The Bertz CT molecular complexity index is 797. The van der Waals surface area contributed by atoms with E-state index in [2.05, 4.69) is 9.97 Å². The van der Waals surface area contributed by atoms with Crippen molar-refractivity contribution < 1.29 is 8.42 Å². The Morgan fingerprint density at radius 1 is 1.29 bits per heavy atom. The van der Waals surface area contributed by atoms with Crippen LogP contribution in [0, 0.1) is 6.92 Å². The third kappa shape index (κ3) is 3.47. The van der Waals surface area contributed by atoms with Gasteiger partial charge in [0.05, 0.1) is 11.4 Å². The van der Waals surface area contributed by atoms with Gasteiger partial charge in [-0.3, -0.25) is 4.79 Å². The predicted octanol–water partition coefficient (Wildman–Crippen LogP) is 0.481. The second-order valence-electron chi connectivity index (χ2n) is 4.69. The summed E-state index contributed by atoms with van der Waals surface area (Å²) in [5, 5.41) is 0. The standard InChI is InChI=1S/C13H16N4O3S/c1-9-3-5-10(6-4-9)21(19,20)17(2)8-12-15-11(14)7-13(18)16-12/h3-7H,8H2,1-2H3,(H3,14,15,16,18). The van der Waals surface area contributed by atoms with Gasteiger partial charge in [0.15, 0.2) is 0 Å². The minimum atomic E-state index is -3.65. The maximum absolute atomic E-state index is 12.4. The minimum absolute atomic E-state index is 0.0508. The smallest absolute Gasteiger partial charge is 0.253 e. The second kappa shape index (κ2) is 5.66. The van der Waals surface area contributed by atoms with Gasteiger partial charge in [-0.1, -0.05) is 17.7 Å². The fraction of sp³-hybridized carbons (Fsp3) is 0.231. The summed E-state index contributed by atoms with van der Waals surface area (Å²) < 4.78 is 25.9. The Hall–Kier alpha value is -2.19. The molecule has 0 aliphatic carbocycles. The number of hydrogen-bond donors (Lipinski definition) is 2. The molecule has 112 valence electrons. The first-order valence-electron chi connectivity index (χ1n) is 6.18. The highest BCUT2D eigenvalue weighted by Crippen LogP contribution is 2.16. The van der Waals surface area contributed by atoms with Crippen LogP contribution in [0.15, 0.2) is 40.0 Å². The van der Waals surface area contributed by atoms with Crippen molar-refractivity contribution in [1.82, 2.24) is 14.3 Å². The second-order valence-corrected chi connectivity index (χ2v) is 6.74. The lowest BCUT2D eigenvalue weighted by molar-refractivity contribution is 0.456. The van der Waals surface area contributed by atoms with Gasteiger partial charge < -0.3 is 10.7 Å². The topological polar surface area (TPSA) is 109 Å². The van der Waals surface area contributed by atoms with Crippen molar-refractivity contribution in [2.24, 2.45) is 0 Å². The molecule has 0 amide bonds. The van der Waals surface area contributed by atoms with E-state index < -0.39 is 15.6 Å². The molecule has 2 aromatic rings. The number of H-pyrrole nitrogens is 1. The predicted molar refractivity (Wildman–Crippen MR) is 79.1 cm³/mol. The van der Waals surface area contributed by atoms with Crippen molar-refractivity contribution in [3.8, 4) is 0 Å². The molecular weight excluding hydrogens is 292 g/mol. The molecule has 0 saturated carbocycles. The lowest BCUT2D eigenvalue weighted by Crippen LogP contribution is -2.28. The number of benzene rings is 1. The van der Waals surface area contributed by atoms with E-state index in [-0.39, 0.29) is 23.1 Å². The number of nitrogen functional groups attached to an aromatic ring is 1. The summed E-state index contributed by atoms with van der Waals surface area (Å²) in [4.78, 5) is 17.9. The highest BCUT2D eigenvalue weighted by molar-refractivity contribution is 7.89. The number of nitrogens with one attached hydrogen (secondary N) is 1. The zero-order valence-electron chi connectivity index (χ0n) is 11.7. The summed E-state index contributed by atoms with van der Waals surface area (Å²) in [6.07, 6.45) is 0. The molecule has 0 atom stereocenters. The van der Waals surface area contributed by atoms with Crippen molar-refractivity contribution in [2.45, 2.75) is 18.4 Å². The summed E-state index contributed by atoms with van der Waals surface area (Å²) in [6, 6.07) is 7.66. The summed E-state index contributed by atoms with van der Waals surface area (Å²) in [5.74, 6) is 0.244. The lowest BCUT2D eigenvalue weighted by Gasteiger charge is -2.16. The highest BCUT2D eigenvalue weighted by atomic mass is 32.2. The average Bonchev–Trinajstić information content (AvgIpc) is 2.37. The molecule has 1 aromatic carbocycles. The van der Waals surface area contributed by atoms with Crippen molar-refractivity contribution in [3.05, 3.63) is 52.1 Å². The van der Waals surface area contributed by atoms with Crippen LogP contribution in [0.25, 0.3) is 0 Å². The molecule has 1 aromatic heterocycles. The Morgan fingerprint density at radius 2 is 1.90 bits per heavy atom. The Labute approximate surface area is 122 Å². The van der Waals surface area contributed by atoms with Gasteiger partial charge in [-0.05, 0) is 19.1 Å². The van der Waals surface area contributed by atoms with Crippen LogP contribution in [0.4, 0.5) is 5.82 Å². The minimum Gasteiger partial charge on any atom is -0.383 e. The van der Waals surface area contributed by atoms with Crippen LogP contribution in [0.2, 0.25) is 0 Å². The van der Waals surface area contributed by atoms with Crippen molar-refractivity contribution in [1.29, 1.82) is 0 Å². The fourth-order valence-electron chi connectivity index (χ4n) is 1.79. The van der Waals surface area contributed by atoms with Gasteiger partial charge in [-0.25, -0.2) is 13.4 Å². The van der Waals surface area contributed by atoms with Crippen LogP contribution >= 0.6 is 0 Å². The number of aromatic amines is 1. The number of aryl methyl sites for hydroxylation is 1. The first-order chi connectivity index (χ1) is 9.79. The monoisotopic (exact) mass is 308 g/mol.